The third-order valence-corrected chi connectivity index (χ3v) is 2.66. The fourth-order valence-electron chi connectivity index (χ4n) is 1.54. The molecule has 2 aromatic rings. The van der Waals surface area contributed by atoms with Gasteiger partial charge < -0.3 is 9.84 Å². The Bertz CT molecular complexity index is 686. The van der Waals surface area contributed by atoms with Crippen LogP contribution in [0.5, 0.6) is 11.5 Å². The first-order valence-corrected chi connectivity index (χ1v) is 5.80. The maximum atomic E-state index is 11.0. The Hall–Kier alpha value is -2.60. The molecule has 0 atom stereocenters. The van der Waals surface area contributed by atoms with E-state index in [2.05, 4.69) is 0 Å². The van der Waals surface area contributed by atoms with E-state index in [0.29, 0.717) is 10.8 Å². The summed E-state index contributed by atoms with van der Waals surface area (Å²) in [5, 5.41) is 20.2. The molecule has 0 heterocycles. The Morgan fingerprint density at radius 3 is 2.60 bits per heavy atom. The Balaban J connectivity index is 2.41. The van der Waals surface area contributed by atoms with E-state index in [1.54, 1.807) is 18.2 Å². The van der Waals surface area contributed by atoms with Crippen molar-refractivity contribution in [2.24, 2.45) is 0 Å². The number of carboxylic acid groups (broad SMARTS) is 1. The van der Waals surface area contributed by atoms with Crippen LogP contribution in [0.1, 0.15) is 10.4 Å². The van der Waals surface area contributed by atoms with Gasteiger partial charge in [0.1, 0.15) is 5.75 Å². The summed E-state index contributed by atoms with van der Waals surface area (Å²) < 4.78 is 5.37. The number of nitro groups is 1. The van der Waals surface area contributed by atoms with Gasteiger partial charge in [0.25, 0.3) is 0 Å². The largest absolute Gasteiger partial charge is 0.478 e. The first-order chi connectivity index (χ1) is 9.47. The molecular weight excluding hydrogens is 286 g/mol. The van der Waals surface area contributed by atoms with Crippen LogP contribution in [-0.2, 0) is 0 Å². The van der Waals surface area contributed by atoms with Crippen molar-refractivity contribution in [2.45, 2.75) is 0 Å². The van der Waals surface area contributed by atoms with Crippen LogP contribution in [0.4, 0.5) is 5.69 Å². The van der Waals surface area contributed by atoms with Crippen LogP contribution >= 0.6 is 11.6 Å². The van der Waals surface area contributed by atoms with Gasteiger partial charge in [-0.25, -0.2) is 4.79 Å². The van der Waals surface area contributed by atoms with Crippen LogP contribution in [-0.4, -0.2) is 16.0 Å². The topological polar surface area (TPSA) is 89.7 Å². The van der Waals surface area contributed by atoms with Crippen molar-refractivity contribution in [1.29, 1.82) is 0 Å². The van der Waals surface area contributed by atoms with Gasteiger partial charge in [0, 0.05) is 11.1 Å². The zero-order valence-corrected chi connectivity index (χ0v) is 10.7. The third kappa shape index (κ3) is 3.04. The summed E-state index contributed by atoms with van der Waals surface area (Å²) in [6.07, 6.45) is 0. The van der Waals surface area contributed by atoms with E-state index in [0.717, 1.165) is 6.07 Å². The summed E-state index contributed by atoms with van der Waals surface area (Å²) in [6.45, 7) is 0. The first kappa shape index (κ1) is 13.8. The molecule has 1 N–H and O–H groups in total. The van der Waals surface area contributed by atoms with E-state index in [4.69, 9.17) is 21.4 Å². The number of rotatable bonds is 4. The van der Waals surface area contributed by atoms with Crippen LogP contribution in [0.2, 0.25) is 5.02 Å². The highest BCUT2D eigenvalue weighted by Gasteiger charge is 2.19. The number of aromatic carboxylic acids is 1. The molecule has 0 saturated heterocycles. The molecule has 102 valence electrons. The maximum absolute atomic E-state index is 11.0. The predicted molar refractivity (Wildman–Crippen MR) is 71.6 cm³/mol. The number of hydrogen-bond acceptors (Lipinski definition) is 4. The van der Waals surface area contributed by atoms with Crippen LogP contribution in [0, 0.1) is 10.1 Å². The molecule has 7 heteroatoms. The molecule has 2 rings (SSSR count). The van der Waals surface area contributed by atoms with Crippen molar-refractivity contribution >= 4 is 23.3 Å². The lowest BCUT2D eigenvalue weighted by atomic mass is 10.2. The molecule has 0 aliphatic rings. The normalized spacial score (nSPS) is 10.1. The smallest absolute Gasteiger partial charge is 0.335 e. The second kappa shape index (κ2) is 5.58. The summed E-state index contributed by atoms with van der Waals surface area (Å²) in [7, 11) is 0. The van der Waals surface area contributed by atoms with Gasteiger partial charge in [-0.15, -0.1) is 0 Å². The standard InChI is InChI=1S/C13H8ClNO5/c14-9-2-1-3-10(7-9)20-12-5-4-8(13(16)17)6-11(12)15(18)19/h1-7H,(H,16,17). The van der Waals surface area contributed by atoms with Gasteiger partial charge in [-0.1, -0.05) is 17.7 Å². The highest BCUT2D eigenvalue weighted by atomic mass is 35.5. The lowest BCUT2D eigenvalue weighted by molar-refractivity contribution is -0.385. The monoisotopic (exact) mass is 293 g/mol. The minimum atomic E-state index is -1.25. The molecule has 0 bridgehead atoms. The molecule has 0 aromatic heterocycles. The lowest BCUT2D eigenvalue weighted by Gasteiger charge is -2.07. The highest BCUT2D eigenvalue weighted by Crippen LogP contribution is 2.32. The molecule has 0 fully saturated rings. The van der Waals surface area contributed by atoms with Crippen molar-refractivity contribution in [3.05, 3.63) is 63.2 Å². The highest BCUT2D eigenvalue weighted by molar-refractivity contribution is 6.30. The molecule has 0 aliphatic heterocycles. The Kier molecular flexibility index (Phi) is 3.86. The number of nitro benzene ring substituents is 1. The number of carboxylic acids is 1. The molecule has 0 aliphatic carbocycles. The van der Waals surface area contributed by atoms with Gasteiger partial charge in [0.15, 0.2) is 0 Å². The van der Waals surface area contributed by atoms with Gasteiger partial charge in [-0.05, 0) is 30.3 Å². The van der Waals surface area contributed by atoms with Crippen molar-refractivity contribution in [1.82, 2.24) is 0 Å². The van der Waals surface area contributed by atoms with E-state index in [1.807, 2.05) is 0 Å². The van der Waals surface area contributed by atoms with Crippen molar-refractivity contribution in [2.75, 3.05) is 0 Å². The van der Waals surface area contributed by atoms with Gasteiger partial charge in [0.2, 0.25) is 5.75 Å². The summed E-state index contributed by atoms with van der Waals surface area (Å²) in [4.78, 5) is 21.1. The molecule has 6 nitrogen and oxygen atoms in total. The van der Waals surface area contributed by atoms with E-state index in [9.17, 15) is 14.9 Å². The number of hydrogen-bond donors (Lipinski definition) is 1. The minimum Gasteiger partial charge on any atom is -0.478 e. The van der Waals surface area contributed by atoms with E-state index >= 15 is 0 Å². The molecular formula is C13H8ClNO5. The molecule has 0 unspecified atom stereocenters. The van der Waals surface area contributed by atoms with Crippen LogP contribution < -0.4 is 4.74 Å². The molecule has 20 heavy (non-hydrogen) atoms. The summed E-state index contributed by atoms with van der Waals surface area (Å²) in [5.41, 5.74) is -0.611. The summed E-state index contributed by atoms with van der Waals surface area (Å²) >= 11 is 5.79. The second-order valence-corrected chi connectivity index (χ2v) is 4.24. The molecule has 0 radical (unpaired) electrons. The van der Waals surface area contributed by atoms with Gasteiger partial charge in [-0.2, -0.15) is 0 Å². The lowest BCUT2D eigenvalue weighted by Crippen LogP contribution is -2.00. The van der Waals surface area contributed by atoms with E-state index < -0.39 is 16.6 Å². The molecule has 2 aromatic carbocycles. The summed E-state index contributed by atoms with van der Waals surface area (Å²) in [5.74, 6) is -0.978. The Morgan fingerprint density at radius 1 is 1.25 bits per heavy atom. The zero-order valence-electron chi connectivity index (χ0n) is 9.95. The van der Waals surface area contributed by atoms with Crippen LogP contribution in [0.25, 0.3) is 0 Å². The number of benzene rings is 2. The van der Waals surface area contributed by atoms with Crippen LogP contribution in [0.3, 0.4) is 0 Å². The fraction of sp³-hybridized carbons (Fsp3) is 0. The number of halogens is 1. The first-order valence-electron chi connectivity index (χ1n) is 5.42. The molecule has 0 amide bonds. The fourth-order valence-corrected chi connectivity index (χ4v) is 1.72. The average molecular weight is 294 g/mol. The Morgan fingerprint density at radius 2 is 2.00 bits per heavy atom. The van der Waals surface area contributed by atoms with Crippen molar-refractivity contribution in [3.8, 4) is 11.5 Å². The maximum Gasteiger partial charge on any atom is 0.335 e. The Labute approximate surface area is 118 Å². The molecule has 0 saturated carbocycles. The third-order valence-electron chi connectivity index (χ3n) is 2.43. The number of nitrogens with zero attached hydrogens (tertiary/aromatic N) is 1. The number of carbonyl (C=O) groups is 1. The second-order valence-electron chi connectivity index (χ2n) is 3.80. The quantitative estimate of drug-likeness (QED) is 0.685. The van der Waals surface area contributed by atoms with Crippen molar-refractivity contribution < 1.29 is 19.6 Å². The summed E-state index contributed by atoms with van der Waals surface area (Å²) in [6, 6.07) is 9.77. The predicted octanol–water partition coefficient (Wildman–Crippen LogP) is 3.74. The van der Waals surface area contributed by atoms with E-state index in [1.165, 1.54) is 18.2 Å². The zero-order chi connectivity index (χ0) is 14.7. The van der Waals surface area contributed by atoms with E-state index in [-0.39, 0.29) is 11.3 Å². The average Bonchev–Trinajstić information content (AvgIpc) is 2.38. The SMILES string of the molecule is O=C(O)c1ccc(Oc2cccc(Cl)c2)c([N+](=O)[O-])c1. The number of ether oxygens (including phenoxy) is 1. The minimum absolute atomic E-state index is 0.0535. The van der Waals surface area contributed by atoms with Gasteiger partial charge in [-0.3, -0.25) is 10.1 Å². The molecule has 0 spiro atoms. The van der Waals surface area contributed by atoms with Crippen LogP contribution in [0.15, 0.2) is 42.5 Å². The van der Waals surface area contributed by atoms with Gasteiger partial charge in [0.05, 0.1) is 10.5 Å². The van der Waals surface area contributed by atoms with Gasteiger partial charge >= 0.3 is 11.7 Å². The van der Waals surface area contributed by atoms with Crippen molar-refractivity contribution in [3.63, 3.8) is 0 Å².